The molecule has 1 aromatic heterocycles. The summed E-state index contributed by atoms with van der Waals surface area (Å²) < 4.78 is 32.6. The van der Waals surface area contributed by atoms with Gasteiger partial charge in [0.05, 0.1) is 17.7 Å². The van der Waals surface area contributed by atoms with Gasteiger partial charge in [-0.3, -0.25) is 9.78 Å². The third-order valence-corrected chi connectivity index (χ3v) is 6.68. The summed E-state index contributed by atoms with van der Waals surface area (Å²) in [6, 6.07) is 8.30. The first kappa shape index (κ1) is 20.3. The van der Waals surface area contributed by atoms with Crippen LogP contribution in [0.3, 0.4) is 0 Å². The lowest BCUT2D eigenvalue weighted by atomic mass is 10.1. The van der Waals surface area contributed by atoms with E-state index in [1.807, 2.05) is 12.1 Å². The van der Waals surface area contributed by atoms with Crippen LogP contribution in [0.1, 0.15) is 31.2 Å². The van der Waals surface area contributed by atoms with Crippen molar-refractivity contribution in [3.63, 3.8) is 0 Å². The Morgan fingerprint density at radius 2 is 1.86 bits per heavy atom. The summed E-state index contributed by atoms with van der Waals surface area (Å²) >= 11 is 0. The van der Waals surface area contributed by atoms with Crippen LogP contribution in [0, 0.1) is 0 Å². The summed E-state index contributed by atoms with van der Waals surface area (Å²) in [5.74, 6) is 0.220. The van der Waals surface area contributed by atoms with Gasteiger partial charge in [-0.15, -0.1) is 0 Å². The third kappa shape index (κ3) is 4.88. The highest BCUT2D eigenvalue weighted by Crippen LogP contribution is 2.30. The number of piperidine rings is 1. The number of benzene rings is 1. The highest BCUT2D eigenvalue weighted by Gasteiger charge is 2.26. The van der Waals surface area contributed by atoms with Crippen LogP contribution in [0.5, 0.6) is 5.75 Å². The Hall–Kier alpha value is -2.45. The van der Waals surface area contributed by atoms with Crippen LogP contribution in [0.2, 0.25) is 0 Å². The van der Waals surface area contributed by atoms with Crippen LogP contribution < -0.4 is 10.1 Å². The molecule has 1 N–H and O–H groups in total. The van der Waals surface area contributed by atoms with Crippen molar-refractivity contribution in [2.24, 2.45) is 0 Å². The van der Waals surface area contributed by atoms with Gasteiger partial charge in [-0.05, 0) is 55.2 Å². The summed E-state index contributed by atoms with van der Waals surface area (Å²) in [7, 11) is -2.09. The summed E-state index contributed by atoms with van der Waals surface area (Å²) in [5.41, 5.74) is 1.37. The van der Waals surface area contributed by atoms with Crippen molar-refractivity contribution in [2.45, 2.75) is 37.0 Å². The quantitative estimate of drug-likeness (QED) is 0.768. The number of anilines is 1. The maximum atomic E-state index is 12.9. The average Bonchev–Trinajstić information content (AvgIpc) is 2.73. The Morgan fingerprint density at radius 3 is 2.54 bits per heavy atom. The molecule has 0 unspecified atom stereocenters. The third-order valence-electron chi connectivity index (χ3n) is 4.79. The molecule has 7 nitrogen and oxygen atoms in total. The van der Waals surface area contributed by atoms with Gasteiger partial charge in [0.2, 0.25) is 15.9 Å². The van der Waals surface area contributed by atoms with Crippen LogP contribution in [0.4, 0.5) is 5.69 Å². The van der Waals surface area contributed by atoms with Crippen molar-refractivity contribution in [1.82, 2.24) is 9.29 Å². The molecule has 1 saturated heterocycles. The Morgan fingerprint density at radius 1 is 1.14 bits per heavy atom. The maximum absolute atomic E-state index is 12.9. The number of ether oxygens (including phenoxy) is 1. The first-order chi connectivity index (χ1) is 13.5. The molecule has 8 heteroatoms. The Bertz CT molecular complexity index is 910. The summed E-state index contributed by atoms with van der Waals surface area (Å²) in [5, 5.41) is 2.78. The minimum Gasteiger partial charge on any atom is -0.495 e. The largest absolute Gasteiger partial charge is 0.495 e. The molecule has 0 aliphatic carbocycles. The van der Waals surface area contributed by atoms with E-state index in [1.165, 1.54) is 23.5 Å². The number of aryl methyl sites for hydroxylation is 1. The highest BCUT2D eigenvalue weighted by molar-refractivity contribution is 7.89. The van der Waals surface area contributed by atoms with Crippen molar-refractivity contribution < 1.29 is 17.9 Å². The molecule has 1 fully saturated rings. The van der Waals surface area contributed by atoms with E-state index in [9.17, 15) is 13.2 Å². The maximum Gasteiger partial charge on any atom is 0.243 e. The van der Waals surface area contributed by atoms with Crippen LogP contribution in [0.25, 0.3) is 0 Å². The minimum absolute atomic E-state index is 0.166. The molecule has 28 heavy (non-hydrogen) atoms. The molecule has 2 aromatic rings. The molecule has 1 aliphatic rings. The second kappa shape index (κ2) is 9.16. The van der Waals surface area contributed by atoms with E-state index in [2.05, 4.69) is 10.3 Å². The van der Waals surface area contributed by atoms with Gasteiger partial charge >= 0.3 is 0 Å². The number of hydrogen-bond donors (Lipinski definition) is 1. The zero-order valence-corrected chi connectivity index (χ0v) is 16.7. The van der Waals surface area contributed by atoms with E-state index in [-0.39, 0.29) is 17.2 Å². The standard InChI is InChI=1S/C20H25N3O4S/c1-27-19-7-6-17(28(25,26)23-13-3-2-4-14-23)15-18(19)22-20(24)8-5-16-9-11-21-12-10-16/h6-7,9-12,15H,2-5,8,13-14H2,1H3,(H,22,24). The van der Waals surface area contributed by atoms with Gasteiger partial charge in [0, 0.05) is 31.9 Å². The van der Waals surface area contributed by atoms with E-state index in [0.29, 0.717) is 30.9 Å². The Labute approximate surface area is 165 Å². The molecule has 1 aliphatic heterocycles. The van der Waals surface area contributed by atoms with E-state index >= 15 is 0 Å². The molecule has 0 saturated carbocycles. The van der Waals surface area contributed by atoms with Crippen LogP contribution in [-0.2, 0) is 21.2 Å². The van der Waals surface area contributed by atoms with Gasteiger partial charge in [-0.2, -0.15) is 4.31 Å². The second-order valence-electron chi connectivity index (χ2n) is 6.73. The lowest BCUT2D eigenvalue weighted by Gasteiger charge is -2.26. The van der Waals surface area contributed by atoms with Gasteiger partial charge in [-0.25, -0.2) is 8.42 Å². The summed E-state index contributed by atoms with van der Waals surface area (Å²) in [6.45, 7) is 1.06. The van der Waals surface area contributed by atoms with Crippen molar-refractivity contribution in [3.8, 4) is 5.75 Å². The number of pyridine rings is 1. The molecule has 0 spiro atoms. The average molecular weight is 404 g/mol. The molecule has 2 heterocycles. The molecule has 150 valence electrons. The number of carbonyl (C=O) groups is 1. The topological polar surface area (TPSA) is 88.6 Å². The van der Waals surface area contributed by atoms with Crippen LogP contribution in [-0.4, -0.2) is 43.8 Å². The van der Waals surface area contributed by atoms with E-state index in [4.69, 9.17) is 4.74 Å². The fraction of sp³-hybridized carbons (Fsp3) is 0.400. The molecule has 1 amide bonds. The number of carbonyl (C=O) groups excluding carboxylic acids is 1. The smallest absolute Gasteiger partial charge is 0.243 e. The summed E-state index contributed by atoms with van der Waals surface area (Å²) in [6.07, 6.45) is 7.00. The normalized spacial score (nSPS) is 15.2. The minimum atomic E-state index is -3.58. The lowest BCUT2D eigenvalue weighted by molar-refractivity contribution is -0.116. The number of hydrogen-bond acceptors (Lipinski definition) is 5. The highest BCUT2D eigenvalue weighted by atomic mass is 32.2. The number of aromatic nitrogens is 1. The number of amides is 1. The molecule has 0 atom stereocenters. The Kier molecular flexibility index (Phi) is 6.64. The van der Waals surface area contributed by atoms with Gasteiger partial charge in [-0.1, -0.05) is 6.42 Å². The van der Waals surface area contributed by atoms with E-state index in [0.717, 1.165) is 24.8 Å². The van der Waals surface area contributed by atoms with Gasteiger partial charge in [0.25, 0.3) is 0 Å². The van der Waals surface area contributed by atoms with Crippen LogP contribution in [0.15, 0.2) is 47.6 Å². The molecular formula is C20H25N3O4S. The van der Waals surface area contributed by atoms with Gasteiger partial charge < -0.3 is 10.1 Å². The van der Waals surface area contributed by atoms with Crippen molar-refractivity contribution >= 4 is 21.6 Å². The number of nitrogens with zero attached hydrogens (tertiary/aromatic N) is 2. The number of rotatable bonds is 7. The molecule has 1 aromatic carbocycles. The predicted octanol–water partition coefficient (Wildman–Crippen LogP) is 2.84. The fourth-order valence-electron chi connectivity index (χ4n) is 3.22. The van der Waals surface area contributed by atoms with Gasteiger partial charge in [0.1, 0.15) is 5.75 Å². The molecule has 0 bridgehead atoms. The summed E-state index contributed by atoms with van der Waals surface area (Å²) in [4.78, 5) is 16.5. The zero-order valence-electron chi connectivity index (χ0n) is 15.9. The van der Waals surface area contributed by atoms with E-state index in [1.54, 1.807) is 18.5 Å². The zero-order chi connectivity index (χ0) is 20.0. The van der Waals surface area contributed by atoms with Crippen molar-refractivity contribution in [2.75, 3.05) is 25.5 Å². The Balaban J connectivity index is 1.74. The van der Waals surface area contributed by atoms with Crippen molar-refractivity contribution in [1.29, 1.82) is 0 Å². The SMILES string of the molecule is COc1ccc(S(=O)(=O)N2CCCCC2)cc1NC(=O)CCc1ccncc1. The molecule has 0 radical (unpaired) electrons. The lowest BCUT2D eigenvalue weighted by Crippen LogP contribution is -2.35. The van der Waals surface area contributed by atoms with Crippen molar-refractivity contribution in [3.05, 3.63) is 48.3 Å². The van der Waals surface area contributed by atoms with Crippen LogP contribution >= 0.6 is 0 Å². The first-order valence-corrected chi connectivity index (χ1v) is 10.8. The number of methoxy groups -OCH3 is 1. The second-order valence-corrected chi connectivity index (χ2v) is 8.67. The predicted molar refractivity (Wildman–Crippen MR) is 107 cm³/mol. The molecular weight excluding hydrogens is 378 g/mol. The van der Waals surface area contributed by atoms with Gasteiger partial charge in [0.15, 0.2) is 0 Å². The monoisotopic (exact) mass is 403 g/mol. The number of nitrogens with one attached hydrogen (secondary N) is 1. The fourth-order valence-corrected chi connectivity index (χ4v) is 4.76. The molecule has 3 rings (SSSR count). The number of sulfonamides is 1. The first-order valence-electron chi connectivity index (χ1n) is 9.37. The van der Waals surface area contributed by atoms with E-state index < -0.39 is 10.0 Å².